The first-order valence-corrected chi connectivity index (χ1v) is 7.73. The normalized spacial score (nSPS) is 11.1. The van der Waals surface area contributed by atoms with Crippen LogP contribution in [0.5, 0.6) is 0 Å². The van der Waals surface area contributed by atoms with Gasteiger partial charge in [0.1, 0.15) is 5.69 Å². The van der Waals surface area contributed by atoms with Gasteiger partial charge in [-0.25, -0.2) is 0 Å². The van der Waals surface area contributed by atoms with E-state index in [9.17, 15) is 10.1 Å². The molecule has 5 heteroatoms. The van der Waals surface area contributed by atoms with Crippen LogP contribution in [0.25, 0.3) is 0 Å². The smallest absolute Gasteiger partial charge is 0.292 e. The zero-order valence-corrected chi connectivity index (χ0v) is 13.6. The van der Waals surface area contributed by atoms with E-state index < -0.39 is 0 Å². The molecule has 0 aliphatic rings. The highest BCUT2D eigenvalue weighted by Gasteiger charge is 2.15. The van der Waals surface area contributed by atoms with Gasteiger partial charge < -0.3 is 5.32 Å². The maximum atomic E-state index is 10.9. The number of hydrogen-bond donors (Lipinski definition) is 1. The average Bonchev–Trinajstić information content (AvgIpc) is 2.50. The van der Waals surface area contributed by atoms with E-state index in [2.05, 4.69) is 31.0 Å². The highest BCUT2D eigenvalue weighted by Crippen LogP contribution is 2.25. The van der Waals surface area contributed by atoms with Crippen LogP contribution < -0.4 is 5.32 Å². The lowest BCUT2D eigenvalue weighted by Crippen LogP contribution is -2.28. The van der Waals surface area contributed by atoms with E-state index in [1.165, 1.54) is 12.8 Å². The van der Waals surface area contributed by atoms with Gasteiger partial charge in [0.15, 0.2) is 0 Å². The second-order valence-corrected chi connectivity index (χ2v) is 5.37. The van der Waals surface area contributed by atoms with Crippen molar-refractivity contribution in [3.05, 3.63) is 33.9 Å². The summed E-state index contributed by atoms with van der Waals surface area (Å²) in [6.07, 6.45) is 2.38. The second-order valence-electron chi connectivity index (χ2n) is 5.37. The summed E-state index contributed by atoms with van der Waals surface area (Å²) in [5, 5.41) is 13.9. The van der Waals surface area contributed by atoms with E-state index in [0.717, 1.165) is 25.2 Å². The third-order valence-electron chi connectivity index (χ3n) is 4.05. The third kappa shape index (κ3) is 5.01. The summed E-state index contributed by atoms with van der Waals surface area (Å²) in [5.74, 6) is 0.715. The molecule has 5 nitrogen and oxygen atoms in total. The third-order valence-corrected chi connectivity index (χ3v) is 4.05. The van der Waals surface area contributed by atoms with Gasteiger partial charge in [-0.3, -0.25) is 15.0 Å². The predicted molar refractivity (Wildman–Crippen MR) is 87.7 cm³/mol. The van der Waals surface area contributed by atoms with Crippen molar-refractivity contribution in [2.24, 2.45) is 5.92 Å². The molecule has 1 aromatic rings. The van der Waals surface area contributed by atoms with Crippen molar-refractivity contribution in [3.63, 3.8) is 0 Å². The van der Waals surface area contributed by atoms with Crippen LogP contribution in [0.3, 0.4) is 0 Å². The molecule has 0 saturated heterocycles. The number of nitro benzene ring substituents is 1. The molecule has 1 aromatic carbocycles. The maximum Gasteiger partial charge on any atom is 0.292 e. The van der Waals surface area contributed by atoms with Crippen LogP contribution >= 0.6 is 0 Å². The van der Waals surface area contributed by atoms with Crippen LogP contribution in [0.15, 0.2) is 18.2 Å². The fourth-order valence-corrected chi connectivity index (χ4v) is 2.52. The van der Waals surface area contributed by atoms with Crippen LogP contribution in [-0.4, -0.2) is 30.0 Å². The lowest BCUT2D eigenvalue weighted by Gasteiger charge is -2.25. The van der Waals surface area contributed by atoms with Gasteiger partial charge in [-0.2, -0.15) is 0 Å². The Bertz CT molecular complexity index is 459. The average molecular weight is 293 g/mol. The summed E-state index contributed by atoms with van der Waals surface area (Å²) in [5.41, 5.74) is 1.82. The summed E-state index contributed by atoms with van der Waals surface area (Å²) in [7, 11) is 1.72. The zero-order chi connectivity index (χ0) is 15.8. The molecule has 0 bridgehead atoms. The Morgan fingerprint density at radius 3 is 2.43 bits per heavy atom. The second kappa shape index (κ2) is 8.62. The topological polar surface area (TPSA) is 58.4 Å². The monoisotopic (exact) mass is 293 g/mol. The molecule has 21 heavy (non-hydrogen) atoms. The van der Waals surface area contributed by atoms with Crippen molar-refractivity contribution in [1.29, 1.82) is 0 Å². The minimum Gasteiger partial charge on any atom is -0.383 e. The minimum absolute atomic E-state index is 0.129. The molecule has 118 valence electrons. The van der Waals surface area contributed by atoms with Crippen molar-refractivity contribution < 1.29 is 4.92 Å². The summed E-state index contributed by atoms with van der Waals surface area (Å²) in [4.78, 5) is 13.0. The molecule has 1 N–H and O–H groups in total. The Morgan fingerprint density at radius 1 is 1.29 bits per heavy atom. The lowest BCUT2D eigenvalue weighted by atomic mass is 10.0. The fraction of sp³-hybridized carbons (Fsp3) is 0.625. The van der Waals surface area contributed by atoms with E-state index in [0.29, 0.717) is 11.6 Å². The molecule has 1 rings (SSSR count). The number of anilines is 1. The SMILES string of the molecule is CCC(CC)CN(CC)Cc1ccc([N+](=O)[O-])c(NC)c1. The Kier molecular flexibility index (Phi) is 7.15. The molecular formula is C16H27N3O2. The van der Waals surface area contributed by atoms with Gasteiger partial charge in [-0.1, -0.05) is 39.7 Å². The molecule has 0 amide bonds. The molecule has 0 aliphatic heterocycles. The molecule has 0 aliphatic carbocycles. The predicted octanol–water partition coefficient (Wildman–Crippen LogP) is 3.89. The van der Waals surface area contributed by atoms with Gasteiger partial charge in [-0.05, 0) is 24.1 Å². The van der Waals surface area contributed by atoms with E-state index >= 15 is 0 Å². The fourth-order valence-electron chi connectivity index (χ4n) is 2.52. The molecule has 0 atom stereocenters. The van der Waals surface area contributed by atoms with E-state index in [1.54, 1.807) is 13.1 Å². The maximum absolute atomic E-state index is 10.9. The minimum atomic E-state index is -0.350. The summed E-state index contributed by atoms with van der Waals surface area (Å²) in [6, 6.07) is 5.33. The molecule has 0 radical (unpaired) electrons. The lowest BCUT2D eigenvalue weighted by molar-refractivity contribution is -0.384. The van der Waals surface area contributed by atoms with E-state index in [1.807, 2.05) is 12.1 Å². The van der Waals surface area contributed by atoms with Crippen LogP contribution in [0.2, 0.25) is 0 Å². The van der Waals surface area contributed by atoms with Gasteiger partial charge in [0, 0.05) is 26.2 Å². The molecule has 0 unspecified atom stereocenters. The van der Waals surface area contributed by atoms with Crippen molar-refractivity contribution in [1.82, 2.24) is 4.90 Å². The quantitative estimate of drug-likeness (QED) is 0.554. The number of benzene rings is 1. The van der Waals surface area contributed by atoms with Crippen molar-refractivity contribution in [3.8, 4) is 0 Å². The first-order chi connectivity index (χ1) is 10.0. The number of nitro groups is 1. The first kappa shape index (κ1) is 17.4. The van der Waals surface area contributed by atoms with Crippen molar-refractivity contribution in [2.45, 2.75) is 40.2 Å². The Morgan fingerprint density at radius 2 is 1.95 bits per heavy atom. The molecule has 0 fully saturated rings. The first-order valence-electron chi connectivity index (χ1n) is 7.73. The van der Waals surface area contributed by atoms with Gasteiger partial charge in [0.25, 0.3) is 5.69 Å². The van der Waals surface area contributed by atoms with Gasteiger partial charge in [-0.15, -0.1) is 0 Å². The Balaban J connectivity index is 2.83. The van der Waals surface area contributed by atoms with Crippen LogP contribution in [0.4, 0.5) is 11.4 Å². The van der Waals surface area contributed by atoms with Crippen molar-refractivity contribution in [2.75, 3.05) is 25.5 Å². The summed E-state index contributed by atoms with van der Waals surface area (Å²) >= 11 is 0. The summed E-state index contributed by atoms with van der Waals surface area (Å²) in [6.45, 7) is 9.52. The zero-order valence-electron chi connectivity index (χ0n) is 13.6. The molecule has 0 aromatic heterocycles. The van der Waals surface area contributed by atoms with Crippen LogP contribution in [0, 0.1) is 16.0 Å². The number of nitrogens with one attached hydrogen (secondary N) is 1. The molecule has 0 spiro atoms. The highest BCUT2D eigenvalue weighted by molar-refractivity contribution is 5.62. The standard InChI is InChI=1S/C16H27N3O2/c1-5-13(6-2)11-18(7-3)12-14-8-9-16(19(20)21)15(10-14)17-4/h8-10,13,17H,5-7,11-12H2,1-4H3. The Labute approximate surface area is 127 Å². The Hall–Kier alpha value is -1.62. The van der Waals surface area contributed by atoms with Gasteiger partial charge in [0.2, 0.25) is 0 Å². The molecule has 0 saturated carbocycles. The van der Waals surface area contributed by atoms with Crippen molar-refractivity contribution >= 4 is 11.4 Å². The number of rotatable bonds is 9. The van der Waals surface area contributed by atoms with Gasteiger partial charge >= 0.3 is 0 Å². The van der Waals surface area contributed by atoms with E-state index in [-0.39, 0.29) is 10.6 Å². The highest BCUT2D eigenvalue weighted by atomic mass is 16.6. The molecular weight excluding hydrogens is 266 g/mol. The van der Waals surface area contributed by atoms with Gasteiger partial charge in [0.05, 0.1) is 4.92 Å². The van der Waals surface area contributed by atoms with Crippen LogP contribution in [-0.2, 0) is 6.54 Å². The number of nitrogens with zero attached hydrogens (tertiary/aromatic N) is 2. The summed E-state index contributed by atoms with van der Waals surface area (Å²) < 4.78 is 0. The number of hydrogen-bond acceptors (Lipinski definition) is 4. The molecule has 0 heterocycles. The van der Waals surface area contributed by atoms with Crippen LogP contribution in [0.1, 0.15) is 39.2 Å². The van der Waals surface area contributed by atoms with E-state index in [4.69, 9.17) is 0 Å². The largest absolute Gasteiger partial charge is 0.383 e.